The first-order valence-corrected chi connectivity index (χ1v) is 11.5. The number of hydrogen-bond donors (Lipinski definition) is 2. The zero-order valence-corrected chi connectivity index (χ0v) is 17.9. The summed E-state index contributed by atoms with van der Waals surface area (Å²) >= 11 is 0. The van der Waals surface area contributed by atoms with E-state index in [0.29, 0.717) is 37.7 Å². The summed E-state index contributed by atoms with van der Waals surface area (Å²) in [6, 6.07) is 15.4. The standard InChI is InChI=1S/C22H24N4O4S/c1-16(21-23-15-20(25-21)17-5-3-2-4-6-17)24-22(27)18-7-9-19(10-8-18)31(28,29)26-11-13-30-14-12-26/h2-10,15-16H,11-14H2,1H3,(H,23,25)(H,24,27). The Labute approximate surface area is 181 Å². The van der Waals surface area contributed by atoms with Crippen molar-refractivity contribution in [2.24, 2.45) is 0 Å². The van der Waals surface area contributed by atoms with Gasteiger partial charge in [0.05, 0.1) is 36.0 Å². The first-order valence-electron chi connectivity index (χ1n) is 10.0. The van der Waals surface area contributed by atoms with Crippen LogP contribution in [-0.4, -0.2) is 54.9 Å². The van der Waals surface area contributed by atoms with Gasteiger partial charge in [-0.15, -0.1) is 0 Å². The van der Waals surface area contributed by atoms with E-state index in [1.165, 1.54) is 28.6 Å². The van der Waals surface area contributed by atoms with Crippen molar-refractivity contribution in [3.8, 4) is 11.3 Å². The van der Waals surface area contributed by atoms with Crippen molar-refractivity contribution in [1.82, 2.24) is 19.6 Å². The molecule has 1 amide bonds. The molecule has 2 N–H and O–H groups in total. The highest BCUT2D eigenvalue weighted by atomic mass is 32.2. The molecule has 1 aliphatic rings. The van der Waals surface area contributed by atoms with Gasteiger partial charge < -0.3 is 15.0 Å². The number of benzene rings is 2. The SMILES string of the molecule is CC(NC(=O)c1ccc(S(=O)(=O)N2CCOCC2)cc1)c1ncc(-c2ccccc2)[nH]1. The Kier molecular flexibility index (Phi) is 6.17. The Bertz CT molecular complexity index is 1140. The number of H-pyrrole nitrogens is 1. The van der Waals surface area contributed by atoms with Crippen LogP contribution < -0.4 is 5.32 Å². The molecule has 3 aromatic rings. The number of rotatable bonds is 6. The summed E-state index contributed by atoms with van der Waals surface area (Å²) < 4.78 is 32.0. The first kappa shape index (κ1) is 21.2. The maximum atomic E-state index is 12.7. The van der Waals surface area contributed by atoms with Gasteiger partial charge in [-0.2, -0.15) is 4.31 Å². The van der Waals surface area contributed by atoms with Crippen molar-refractivity contribution in [1.29, 1.82) is 0 Å². The van der Waals surface area contributed by atoms with E-state index in [0.717, 1.165) is 11.3 Å². The van der Waals surface area contributed by atoms with Crippen LogP contribution in [0.15, 0.2) is 65.7 Å². The number of imidazole rings is 1. The van der Waals surface area contributed by atoms with E-state index in [1.54, 1.807) is 6.20 Å². The molecule has 1 aromatic heterocycles. The molecule has 2 aromatic carbocycles. The Morgan fingerprint density at radius 1 is 1.10 bits per heavy atom. The Morgan fingerprint density at radius 3 is 2.45 bits per heavy atom. The number of carbonyl (C=O) groups excluding carboxylic acids is 1. The predicted octanol–water partition coefficient (Wildman–Crippen LogP) is 2.59. The molecule has 0 bridgehead atoms. The fourth-order valence-electron chi connectivity index (χ4n) is 3.38. The molecule has 0 saturated carbocycles. The molecule has 4 rings (SSSR count). The second kappa shape index (κ2) is 9.01. The van der Waals surface area contributed by atoms with Gasteiger partial charge in [0.2, 0.25) is 10.0 Å². The summed E-state index contributed by atoms with van der Waals surface area (Å²) in [6.45, 7) is 3.27. The van der Waals surface area contributed by atoms with Gasteiger partial charge in [0.15, 0.2) is 0 Å². The third kappa shape index (κ3) is 4.68. The summed E-state index contributed by atoms with van der Waals surface area (Å²) in [4.78, 5) is 20.4. The monoisotopic (exact) mass is 440 g/mol. The quantitative estimate of drug-likeness (QED) is 0.613. The summed E-state index contributed by atoms with van der Waals surface area (Å²) in [5, 5.41) is 2.89. The number of aromatic nitrogens is 2. The lowest BCUT2D eigenvalue weighted by Gasteiger charge is -2.26. The molecule has 0 aliphatic carbocycles. The van der Waals surface area contributed by atoms with Crippen LogP contribution in [-0.2, 0) is 14.8 Å². The van der Waals surface area contributed by atoms with Crippen molar-refractivity contribution in [2.75, 3.05) is 26.3 Å². The summed E-state index contributed by atoms with van der Waals surface area (Å²) in [5.74, 6) is 0.333. The van der Waals surface area contributed by atoms with Crippen molar-refractivity contribution in [3.05, 3.63) is 72.2 Å². The normalized spacial score (nSPS) is 16.0. The minimum atomic E-state index is -3.59. The van der Waals surface area contributed by atoms with E-state index in [9.17, 15) is 13.2 Å². The van der Waals surface area contributed by atoms with Crippen LogP contribution in [0.1, 0.15) is 29.1 Å². The third-order valence-electron chi connectivity index (χ3n) is 5.16. The molecule has 1 fully saturated rings. The van der Waals surface area contributed by atoms with Gasteiger partial charge in [0.1, 0.15) is 5.82 Å². The number of nitrogens with one attached hydrogen (secondary N) is 2. The lowest BCUT2D eigenvalue weighted by molar-refractivity contribution is 0.0730. The number of carbonyl (C=O) groups is 1. The lowest BCUT2D eigenvalue weighted by atomic mass is 10.2. The summed E-state index contributed by atoms with van der Waals surface area (Å²) in [7, 11) is -3.59. The van der Waals surface area contributed by atoms with E-state index in [-0.39, 0.29) is 16.8 Å². The molecule has 1 unspecified atom stereocenters. The molecular formula is C22H24N4O4S. The zero-order chi connectivity index (χ0) is 21.8. The number of morpholine rings is 1. The number of amides is 1. The smallest absolute Gasteiger partial charge is 0.251 e. The summed E-state index contributed by atoms with van der Waals surface area (Å²) in [5.41, 5.74) is 2.26. The van der Waals surface area contributed by atoms with Crippen molar-refractivity contribution in [3.63, 3.8) is 0 Å². The van der Waals surface area contributed by atoms with Gasteiger partial charge in [-0.1, -0.05) is 30.3 Å². The molecule has 1 aliphatic heterocycles. The van der Waals surface area contributed by atoms with E-state index in [4.69, 9.17) is 4.74 Å². The van der Waals surface area contributed by atoms with E-state index in [1.807, 2.05) is 37.3 Å². The number of nitrogens with zero attached hydrogens (tertiary/aromatic N) is 2. The Morgan fingerprint density at radius 2 is 1.77 bits per heavy atom. The second-order valence-electron chi connectivity index (χ2n) is 7.28. The average molecular weight is 441 g/mol. The minimum absolute atomic E-state index is 0.164. The molecule has 31 heavy (non-hydrogen) atoms. The molecule has 9 heteroatoms. The lowest BCUT2D eigenvalue weighted by Crippen LogP contribution is -2.40. The highest BCUT2D eigenvalue weighted by Gasteiger charge is 2.26. The van der Waals surface area contributed by atoms with Crippen LogP contribution in [0.2, 0.25) is 0 Å². The van der Waals surface area contributed by atoms with Gasteiger partial charge >= 0.3 is 0 Å². The van der Waals surface area contributed by atoms with Gasteiger partial charge in [-0.3, -0.25) is 4.79 Å². The van der Waals surface area contributed by atoms with Crippen LogP contribution in [0.5, 0.6) is 0 Å². The minimum Gasteiger partial charge on any atom is -0.379 e. The van der Waals surface area contributed by atoms with Gasteiger partial charge in [-0.05, 0) is 36.8 Å². The molecule has 1 saturated heterocycles. The highest BCUT2D eigenvalue weighted by molar-refractivity contribution is 7.89. The molecule has 2 heterocycles. The maximum absolute atomic E-state index is 12.7. The maximum Gasteiger partial charge on any atom is 0.251 e. The Hall–Kier alpha value is -3.01. The van der Waals surface area contributed by atoms with Crippen LogP contribution in [0.3, 0.4) is 0 Å². The van der Waals surface area contributed by atoms with Gasteiger partial charge in [0.25, 0.3) is 5.91 Å². The molecule has 8 nitrogen and oxygen atoms in total. The predicted molar refractivity (Wildman–Crippen MR) is 116 cm³/mol. The second-order valence-corrected chi connectivity index (χ2v) is 9.22. The zero-order valence-electron chi connectivity index (χ0n) is 17.1. The number of ether oxygens (including phenoxy) is 1. The van der Waals surface area contributed by atoms with Crippen LogP contribution in [0.25, 0.3) is 11.3 Å². The van der Waals surface area contributed by atoms with Crippen LogP contribution in [0.4, 0.5) is 0 Å². The largest absolute Gasteiger partial charge is 0.379 e. The van der Waals surface area contributed by atoms with Crippen molar-refractivity contribution < 1.29 is 17.9 Å². The fourth-order valence-corrected chi connectivity index (χ4v) is 4.79. The Balaban J connectivity index is 1.42. The van der Waals surface area contributed by atoms with E-state index < -0.39 is 10.0 Å². The van der Waals surface area contributed by atoms with Crippen LogP contribution in [0, 0.1) is 0 Å². The number of aromatic amines is 1. The highest BCUT2D eigenvalue weighted by Crippen LogP contribution is 2.20. The van der Waals surface area contributed by atoms with E-state index in [2.05, 4.69) is 15.3 Å². The molecular weight excluding hydrogens is 416 g/mol. The third-order valence-corrected chi connectivity index (χ3v) is 7.08. The number of sulfonamides is 1. The summed E-state index contributed by atoms with van der Waals surface area (Å²) in [6.07, 6.45) is 1.73. The first-order chi connectivity index (χ1) is 14.9. The van der Waals surface area contributed by atoms with Gasteiger partial charge in [0, 0.05) is 18.7 Å². The molecule has 1 atom stereocenters. The topological polar surface area (TPSA) is 104 Å². The number of hydrogen-bond acceptors (Lipinski definition) is 5. The van der Waals surface area contributed by atoms with Gasteiger partial charge in [-0.25, -0.2) is 13.4 Å². The van der Waals surface area contributed by atoms with E-state index >= 15 is 0 Å². The van der Waals surface area contributed by atoms with Crippen molar-refractivity contribution in [2.45, 2.75) is 17.9 Å². The molecule has 0 spiro atoms. The van der Waals surface area contributed by atoms with Crippen LogP contribution >= 0.6 is 0 Å². The van der Waals surface area contributed by atoms with Crippen molar-refractivity contribution >= 4 is 15.9 Å². The molecule has 162 valence electrons. The average Bonchev–Trinajstić information content (AvgIpc) is 3.31. The molecule has 0 radical (unpaired) electrons. The fraction of sp³-hybridized carbons (Fsp3) is 0.273.